The fourth-order valence-corrected chi connectivity index (χ4v) is 4.38. The summed E-state index contributed by atoms with van der Waals surface area (Å²) in [6.07, 6.45) is 5.43. The summed E-state index contributed by atoms with van der Waals surface area (Å²) in [6.45, 7) is 6.89. The summed E-state index contributed by atoms with van der Waals surface area (Å²) in [5, 5.41) is 0. The summed E-state index contributed by atoms with van der Waals surface area (Å²) in [7, 11) is -0.931. The van der Waals surface area contributed by atoms with Gasteiger partial charge in [-0.2, -0.15) is 0 Å². The van der Waals surface area contributed by atoms with Gasteiger partial charge in [0.2, 0.25) is 5.91 Å². The lowest BCUT2D eigenvalue weighted by Crippen LogP contribution is -2.45. The van der Waals surface area contributed by atoms with E-state index >= 15 is 0 Å². The first-order chi connectivity index (χ1) is 7.08. The summed E-state index contributed by atoms with van der Waals surface area (Å²) < 4.78 is 0. The van der Waals surface area contributed by atoms with Crippen LogP contribution >= 0.6 is 0 Å². The number of amides is 1. The van der Waals surface area contributed by atoms with Gasteiger partial charge in [-0.25, -0.2) is 0 Å². The van der Waals surface area contributed by atoms with E-state index in [1.165, 1.54) is 18.5 Å². The van der Waals surface area contributed by atoms with Crippen molar-refractivity contribution in [2.24, 2.45) is 0 Å². The number of carbonyl (C=O) groups is 1. The van der Waals surface area contributed by atoms with Crippen LogP contribution in [0.25, 0.3) is 0 Å². The van der Waals surface area contributed by atoms with Gasteiger partial charge < -0.3 is 4.90 Å². The van der Waals surface area contributed by atoms with Crippen molar-refractivity contribution in [1.29, 1.82) is 0 Å². The molecule has 2 aliphatic rings. The zero-order chi connectivity index (χ0) is 10.9. The van der Waals surface area contributed by atoms with Crippen LogP contribution in [0.15, 0.2) is 11.6 Å². The van der Waals surface area contributed by atoms with Gasteiger partial charge in [-0.1, -0.05) is 19.2 Å². The largest absolute Gasteiger partial charge is 0.340 e. The van der Waals surface area contributed by atoms with E-state index in [1.807, 2.05) is 0 Å². The lowest BCUT2D eigenvalue weighted by molar-refractivity contribution is -0.127. The van der Waals surface area contributed by atoms with E-state index in [-0.39, 0.29) is 0 Å². The molecule has 0 aromatic heterocycles. The number of hydrogen-bond acceptors (Lipinski definition) is 1. The molecule has 84 valence electrons. The highest BCUT2D eigenvalue weighted by Crippen LogP contribution is 2.25. The van der Waals surface area contributed by atoms with E-state index < -0.39 is 8.07 Å². The highest BCUT2D eigenvalue weighted by molar-refractivity contribution is 6.77. The molecule has 0 aromatic carbocycles. The topological polar surface area (TPSA) is 20.3 Å². The maximum absolute atomic E-state index is 12.1. The Balaban J connectivity index is 1.93. The third-order valence-corrected chi connectivity index (χ3v) is 6.87. The first-order valence-corrected chi connectivity index (χ1v) is 9.48. The van der Waals surface area contributed by atoms with Gasteiger partial charge in [0.25, 0.3) is 0 Å². The van der Waals surface area contributed by atoms with E-state index in [1.54, 1.807) is 0 Å². The molecule has 0 N–H and O–H groups in total. The Morgan fingerprint density at radius 3 is 2.53 bits per heavy atom. The molecule has 0 aromatic rings. The van der Waals surface area contributed by atoms with Crippen LogP contribution in [0.5, 0.6) is 0 Å². The Hall–Kier alpha value is -0.573. The summed E-state index contributed by atoms with van der Waals surface area (Å²) >= 11 is 0. The Morgan fingerprint density at radius 1 is 1.33 bits per heavy atom. The SMILES string of the molecule is C[Si]1(C)CCN(C(=O)C2=CCCC2)CC1. The summed E-state index contributed by atoms with van der Waals surface area (Å²) in [5.41, 5.74) is 1.08. The van der Waals surface area contributed by atoms with E-state index in [2.05, 4.69) is 24.1 Å². The molecule has 2 nitrogen and oxygen atoms in total. The Labute approximate surface area is 93.4 Å². The smallest absolute Gasteiger partial charge is 0.249 e. The molecule has 0 bridgehead atoms. The Morgan fingerprint density at radius 2 is 2.00 bits per heavy atom. The molecule has 3 heteroatoms. The molecule has 15 heavy (non-hydrogen) atoms. The number of allylic oxidation sites excluding steroid dienone is 1. The van der Waals surface area contributed by atoms with Crippen LogP contribution in [-0.4, -0.2) is 32.0 Å². The van der Waals surface area contributed by atoms with Gasteiger partial charge in [0, 0.05) is 18.7 Å². The molecule has 1 heterocycles. The number of hydrogen-bond donors (Lipinski definition) is 0. The zero-order valence-corrected chi connectivity index (χ0v) is 10.9. The van der Waals surface area contributed by atoms with Gasteiger partial charge in [0.15, 0.2) is 0 Å². The molecule has 1 saturated heterocycles. The minimum atomic E-state index is -0.931. The van der Waals surface area contributed by atoms with Crippen LogP contribution in [0.3, 0.4) is 0 Å². The second kappa shape index (κ2) is 4.12. The molecule has 0 unspecified atom stereocenters. The summed E-state index contributed by atoms with van der Waals surface area (Å²) in [4.78, 5) is 14.2. The maximum Gasteiger partial charge on any atom is 0.249 e. The summed E-state index contributed by atoms with van der Waals surface area (Å²) in [5.74, 6) is 0.331. The van der Waals surface area contributed by atoms with Gasteiger partial charge >= 0.3 is 0 Å². The van der Waals surface area contributed by atoms with Crippen molar-refractivity contribution in [3.8, 4) is 0 Å². The van der Waals surface area contributed by atoms with Crippen molar-refractivity contribution in [1.82, 2.24) is 4.90 Å². The molecule has 0 atom stereocenters. The predicted octanol–water partition coefficient (Wildman–Crippen LogP) is 2.65. The van der Waals surface area contributed by atoms with Crippen LogP contribution in [0.2, 0.25) is 25.2 Å². The van der Waals surface area contributed by atoms with Gasteiger partial charge in [-0.15, -0.1) is 0 Å². The number of nitrogens with zero attached hydrogens (tertiary/aromatic N) is 1. The molecule has 1 fully saturated rings. The van der Waals surface area contributed by atoms with Crippen LogP contribution in [0.4, 0.5) is 0 Å². The van der Waals surface area contributed by atoms with Crippen LogP contribution in [-0.2, 0) is 4.79 Å². The Kier molecular flexibility index (Phi) is 3.00. The molecule has 0 saturated carbocycles. The van der Waals surface area contributed by atoms with Crippen molar-refractivity contribution < 1.29 is 4.79 Å². The molecule has 2 rings (SSSR count). The van der Waals surface area contributed by atoms with Crippen LogP contribution < -0.4 is 0 Å². The van der Waals surface area contributed by atoms with E-state index in [0.717, 1.165) is 31.5 Å². The van der Waals surface area contributed by atoms with Crippen molar-refractivity contribution >= 4 is 14.0 Å². The average Bonchev–Trinajstić information content (AvgIpc) is 2.69. The number of rotatable bonds is 1. The molecular weight excluding hydrogens is 202 g/mol. The average molecular weight is 223 g/mol. The monoisotopic (exact) mass is 223 g/mol. The van der Waals surface area contributed by atoms with Crippen molar-refractivity contribution in [3.05, 3.63) is 11.6 Å². The van der Waals surface area contributed by atoms with Gasteiger partial charge in [-0.05, 0) is 31.4 Å². The fraction of sp³-hybridized carbons (Fsp3) is 0.750. The number of carbonyl (C=O) groups excluding carboxylic acids is 1. The molecular formula is C12H21NOSi. The van der Waals surface area contributed by atoms with Crippen LogP contribution in [0, 0.1) is 0 Å². The minimum Gasteiger partial charge on any atom is -0.340 e. The lowest BCUT2D eigenvalue weighted by atomic mass is 10.2. The minimum absolute atomic E-state index is 0.331. The molecule has 1 aliphatic carbocycles. The standard InChI is InChI=1S/C12H21NOSi/c1-15(2)9-7-13(8-10-15)12(14)11-5-3-4-6-11/h5H,3-4,6-10H2,1-2H3. The van der Waals surface area contributed by atoms with Crippen molar-refractivity contribution in [2.75, 3.05) is 13.1 Å². The van der Waals surface area contributed by atoms with Gasteiger partial charge in [0.05, 0.1) is 8.07 Å². The van der Waals surface area contributed by atoms with E-state index in [4.69, 9.17) is 0 Å². The third kappa shape index (κ3) is 2.51. The quantitative estimate of drug-likeness (QED) is 0.626. The fourth-order valence-electron chi connectivity index (χ4n) is 2.38. The molecule has 0 radical (unpaired) electrons. The van der Waals surface area contributed by atoms with Crippen molar-refractivity contribution in [3.63, 3.8) is 0 Å². The zero-order valence-electron chi connectivity index (χ0n) is 9.88. The third-order valence-electron chi connectivity index (χ3n) is 3.72. The Bertz CT molecular complexity index is 286. The van der Waals surface area contributed by atoms with E-state index in [9.17, 15) is 4.79 Å². The van der Waals surface area contributed by atoms with Gasteiger partial charge in [-0.3, -0.25) is 4.79 Å². The van der Waals surface area contributed by atoms with Crippen LogP contribution in [0.1, 0.15) is 19.3 Å². The molecule has 1 aliphatic heterocycles. The normalized spacial score (nSPS) is 25.2. The molecule has 0 spiro atoms. The predicted molar refractivity (Wildman–Crippen MR) is 65.6 cm³/mol. The summed E-state index contributed by atoms with van der Waals surface area (Å²) in [6, 6.07) is 2.57. The van der Waals surface area contributed by atoms with Crippen molar-refractivity contribution in [2.45, 2.75) is 44.4 Å². The second-order valence-corrected chi connectivity index (χ2v) is 10.9. The lowest BCUT2D eigenvalue weighted by Gasteiger charge is -2.35. The second-order valence-electron chi connectivity index (χ2n) is 5.58. The first kappa shape index (κ1) is 10.9. The molecule has 1 amide bonds. The van der Waals surface area contributed by atoms with E-state index in [0.29, 0.717) is 5.91 Å². The van der Waals surface area contributed by atoms with Gasteiger partial charge in [0.1, 0.15) is 0 Å². The first-order valence-electron chi connectivity index (χ1n) is 6.07. The maximum atomic E-state index is 12.1. The highest BCUT2D eigenvalue weighted by atomic mass is 28.3. The highest BCUT2D eigenvalue weighted by Gasteiger charge is 2.30.